The molecule has 1 heterocycles. The number of thiazole rings is 1. The highest BCUT2D eigenvalue weighted by Gasteiger charge is 2.21. The first-order valence-electron chi connectivity index (χ1n) is 7.96. The van der Waals surface area contributed by atoms with Crippen LogP contribution in [0.4, 0.5) is 0 Å². The van der Waals surface area contributed by atoms with Crippen LogP contribution in [0.1, 0.15) is 23.5 Å². The average molecular weight is 375 g/mol. The van der Waals surface area contributed by atoms with Crippen LogP contribution >= 0.6 is 22.9 Å². The van der Waals surface area contributed by atoms with Gasteiger partial charge in [0.25, 0.3) is 5.91 Å². The van der Waals surface area contributed by atoms with Crippen molar-refractivity contribution in [2.45, 2.75) is 19.9 Å². The summed E-state index contributed by atoms with van der Waals surface area (Å²) in [4.78, 5) is 18.8. The zero-order valence-electron chi connectivity index (χ0n) is 14.3. The van der Waals surface area contributed by atoms with Crippen LogP contribution in [-0.2, 0) is 4.79 Å². The fourth-order valence-corrected chi connectivity index (χ4v) is 3.76. The molecular weight excluding hydrogens is 356 g/mol. The predicted octanol–water partition coefficient (Wildman–Crippen LogP) is 4.86. The molecule has 0 unspecified atom stereocenters. The maximum absolute atomic E-state index is 12.5. The molecule has 4 nitrogen and oxygen atoms in total. The smallest absolute Gasteiger partial charge is 0.260 e. The van der Waals surface area contributed by atoms with Gasteiger partial charge < -0.3 is 9.64 Å². The molecule has 0 fully saturated rings. The zero-order valence-corrected chi connectivity index (χ0v) is 15.9. The number of para-hydroxylation sites is 1. The lowest BCUT2D eigenvalue weighted by Crippen LogP contribution is -2.33. The molecule has 0 bridgehead atoms. The number of benzene rings is 2. The maximum Gasteiger partial charge on any atom is 0.260 e. The van der Waals surface area contributed by atoms with Gasteiger partial charge in [-0.2, -0.15) is 0 Å². The molecular formula is C19H19ClN2O2S. The highest BCUT2D eigenvalue weighted by molar-refractivity contribution is 7.18. The second kappa shape index (κ2) is 7.42. The van der Waals surface area contributed by atoms with Crippen LogP contribution in [0, 0.1) is 6.92 Å². The van der Waals surface area contributed by atoms with Crippen LogP contribution in [0.5, 0.6) is 5.75 Å². The van der Waals surface area contributed by atoms with Gasteiger partial charge in [-0.05, 0) is 49.7 Å². The number of rotatable bonds is 5. The van der Waals surface area contributed by atoms with Gasteiger partial charge in [0.2, 0.25) is 0 Å². The summed E-state index contributed by atoms with van der Waals surface area (Å²) in [6.45, 7) is 3.86. The van der Waals surface area contributed by atoms with Crippen LogP contribution in [0.15, 0.2) is 42.5 Å². The van der Waals surface area contributed by atoms with Gasteiger partial charge in [0.1, 0.15) is 10.8 Å². The van der Waals surface area contributed by atoms with Crippen molar-refractivity contribution in [2.24, 2.45) is 0 Å². The van der Waals surface area contributed by atoms with Crippen molar-refractivity contribution in [3.8, 4) is 5.75 Å². The number of aromatic nitrogens is 1. The van der Waals surface area contributed by atoms with E-state index in [0.29, 0.717) is 10.8 Å². The molecule has 3 aromatic rings. The molecule has 0 spiro atoms. The molecule has 3 rings (SSSR count). The van der Waals surface area contributed by atoms with Crippen LogP contribution in [0.3, 0.4) is 0 Å². The van der Waals surface area contributed by atoms with Gasteiger partial charge in [0, 0.05) is 12.1 Å². The lowest BCUT2D eigenvalue weighted by atomic mass is 10.2. The molecule has 1 atom stereocenters. The third kappa shape index (κ3) is 3.94. The van der Waals surface area contributed by atoms with E-state index in [0.717, 1.165) is 20.8 Å². The first-order valence-corrected chi connectivity index (χ1v) is 9.15. The highest BCUT2D eigenvalue weighted by Crippen LogP contribution is 2.29. The van der Waals surface area contributed by atoms with Crippen molar-refractivity contribution < 1.29 is 9.53 Å². The Morgan fingerprint density at radius 1 is 1.32 bits per heavy atom. The number of hydrogen-bond acceptors (Lipinski definition) is 4. The summed E-state index contributed by atoms with van der Waals surface area (Å²) in [6.07, 6.45) is 0. The van der Waals surface area contributed by atoms with Gasteiger partial charge >= 0.3 is 0 Å². The standard InChI is InChI=1S/C19H19ClN2O2S/c1-12-10-14(20)8-9-16(12)24-11-18(23)22(3)13(2)19-21-15-6-4-5-7-17(15)25-19/h4-10,13H,11H2,1-3H3/t13-/m1/s1. The van der Waals surface area contributed by atoms with Crippen molar-refractivity contribution in [1.82, 2.24) is 9.88 Å². The summed E-state index contributed by atoms with van der Waals surface area (Å²) in [5, 5.41) is 1.57. The minimum absolute atomic E-state index is 0.0196. The van der Waals surface area contributed by atoms with E-state index in [2.05, 4.69) is 4.98 Å². The minimum Gasteiger partial charge on any atom is -0.483 e. The van der Waals surface area contributed by atoms with E-state index in [-0.39, 0.29) is 18.6 Å². The van der Waals surface area contributed by atoms with E-state index < -0.39 is 0 Å². The van der Waals surface area contributed by atoms with Crippen molar-refractivity contribution in [1.29, 1.82) is 0 Å². The van der Waals surface area contributed by atoms with Gasteiger partial charge in [0.15, 0.2) is 6.61 Å². The topological polar surface area (TPSA) is 42.4 Å². The molecule has 0 radical (unpaired) electrons. The van der Waals surface area contributed by atoms with Crippen LogP contribution < -0.4 is 4.74 Å². The number of carbonyl (C=O) groups excluding carboxylic acids is 1. The first-order chi connectivity index (χ1) is 12.0. The number of nitrogens with zero attached hydrogens (tertiary/aromatic N) is 2. The molecule has 2 aromatic carbocycles. The Balaban J connectivity index is 1.66. The van der Waals surface area contributed by atoms with E-state index in [1.54, 1.807) is 35.4 Å². The van der Waals surface area contributed by atoms with Gasteiger partial charge in [-0.15, -0.1) is 11.3 Å². The average Bonchev–Trinajstić information content (AvgIpc) is 3.03. The Morgan fingerprint density at radius 3 is 2.80 bits per heavy atom. The molecule has 0 N–H and O–H groups in total. The third-order valence-electron chi connectivity index (χ3n) is 4.13. The van der Waals surface area contributed by atoms with Crippen molar-refractivity contribution in [2.75, 3.05) is 13.7 Å². The largest absolute Gasteiger partial charge is 0.483 e. The lowest BCUT2D eigenvalue weighted by molar-refractivity contribution is -0.134. The molecule has 130 valence electrons. The summed E-state index contributed by atoms with van der Waals surface area (Å²) in [5.74, 6) is 0.569. The second-order valence-electron chi connectivity index (χ2n) is 5.90. The number of aryl methyl sites for hydroxylation is 1. The molecule has 1 amide bonds. The summed E-state index contributed by atoms with van der Waals surface area (Å²) in [5.41, 5.74) is 1.87. The number of likely N-dealkylation sites (N-methyl/N-ethyl adjacent to an activating group) is 1. The maximum atomic E-state index is 12.5. The Kier molecular flexibility index (Phi) is 5.25. The molecule has 25 heavy (non-hydrogen) atoms. The monoisotopic (exact) mass is 374 g/mol. The van der Waals surface area contributed by atoms with E-state index in [9.17, 15) is 4.79 Å². The van der Waals surface area contributed by atoms with E-state index >= 15 is 0 Å². The van der Waals surface area contributed by atoms with Gasteiger partial charge in [-0.25, -0.2) is 4.98 Å². The molecule has 0 aliphatic carbocycles. The van der Waals surface area contributed by atoms with E-state index in [1.807, 2.05) is 44.2 Å². The number of hydrogen-bond donors (Lipinski definition) is 0. The Labute approximate surface area is 156 Å². The van der Waals surface area contributed by atoms with Gasteiger partial charge in [0.05, 0.1) is 16.3 Å². The van der Waals surface area contributed by atoms with Gasteiger partial charge in [-0.1, -0.05) is 23.7 Å². The van der Waals surface area contributed by atoms with Crippen LogP contribution in [0.2, 0.25) is 5.02 Å². The summed E-state index contributed by atoms with van der Waals surface area (Å²) >= 11 is 7.55. The van der Waals surface area contributed by atoms with Crippen molar-refractivity contribution in [3.05, 3.63) is 58.1 Å². The number of fused-ring (bicyclic) bond motifs is 1. The summed E-state index contributed by atoms with van der Waals surface area (Å²) in [6, 6.07) is 13.2. The third-order valence-corrected chi connectivity index (χ3v) is 5.57. The Bertz CT molecular complexity index is 876. The molecule has 0 saturated carbocycles. The lowest BCUT2D eigenvalue weighted by Gasteiger charge is -2.23. The Morgan fingerprint density at radius 2 is 2.08 bits per heavy atom. The Hall–Kier alpha value is -2.11. The van der Waals surface area contributed by atoms with Crippen molar-refractivity contribution in [3.63, 3.8) is 0 Å². The number of carbonyl (C=O) groups is 1. The first kappa shape index (κ1) is 17.7. The second-order valence-corrected chi connectivity index (χ2v) is 7.40. The molecule has 1 aromatic heterocycles. The van der Waals surface area contributed by atoms with Crippen LogP contribution in [0.25, 0.3) is 10.2 Å². The highest BCUT2D eigenvalue weighted by atomic mass is 35.5. The number of amides is 1. The van der Waals surface area contributed by atoms with E-state index in [1.165, 1.54) is 0 Å². The van der Waals surface area contributed by atoms with Crippen molar-refractivity contribution >= 4 is 39.1 Å². The fourth-order valence-electron chi connectivity index (χ4n) is 2.47. The number of halogens is 1. The molecule has 0 saturated heterocycles. The van der Waals surface area contributed by atoms with Crippen LogP contribution in [-0.4, -0.2) is 29.4 Å². The predicted molar refractivity (Wildman–Crippen MR) is 102 cm³/mol. The van der Waals surface area contributed by atoms with Gasteiger partial charge in [-0.3, -0.25) is 4.79 Å². The zero-order chi connectivity index (χ0) is 18.0. The minimum atomic E-state index is -0.111. The SMILES string of the molecule is Cc1cc(Cl)ccc1OCC(=O)N(C)[C@H](C)c1nc2ccccc2s1. The fraction of sp³-hybridized carbons (Fsp3) is 0.263. The number of ether oxygens (including phenoxy) is 1. The molecule has 6 heteroatoms. The summed E-state index contributed by atoms with van der Waals surface area (Å²) < 4.78 is 6.78. The van der Waals surface area contributed by atoms with E-state index in [4.69, 9.17) is 16.3 Å². The summed E-state index contributed by atoms with van der Waals surface area (Å²) in [7, 11) is 1.77. The molecule has 0 aliphatic rings. The molecule has 0 aliphatic heterocycles. The quantitative estimate of drug-likeness (QED) is 0.640. The normalized spacial score (nSPS) is 12.2.